The molecule has 0 unspecified atom stereocenters. The Kier molecular flexibility index (Phi) is 5.43. The van der Waals surface area contributed by atoms with Crippen molar-refractivity contribution in [3.8, 4) is 0 Å². The summed E-state index contributed by atoms with van der Waals surface area (Å²) in [5.74, 6) is 0.110. The van der Waals surface area contributed by atoms with Crippen LogP contribution in [-0.4, -0.2) is 41.5 Å². The number of carbonyl (C=O) groups is 1. The van der Waals surface area contributed by atoms with E-state index in [1.807, 2.05) is 23.1 Å². The lowest BCUT2D eigenvalue weighted by atomic mass is 9.98. The zero-order valence-corrected chi connectivity index (χ0v) is 17.5. The first-order valence-electron chi connectivity index (χ1n) is 10.5. The fourth-order valence-electron chi connectivity index (χ4n) is 4.26. The SMILES string of the molecule is CCN(c1ccc(C(=O)N2CC=C(c3c[nH]c4ccccc34)CC2)cc1)C(C)C. The maximum Gasteiger partial charge on any atom is 0.254 e. The molecule has 3 aromatic rings. The summed E-state index contributed by atoms with van der Waals surface area (Å²) in [5, 5.41) is 1.25. The number of amides is 1. The molecule has 0 atom stereocenters. The highest BCUT2D eigenvalue weighted by Gasteiger charge is 2.21. The predicted molar refractivity (Wildman–Crippen MR) is 121 cm³/mol. The van der Waals surface area contributed by atoms with Gasteiger partial charge in [0.15, 0.2) is 0 Å². The van der Waals surface area contributed by atoms with Crippen molar-refractivity contribution in [2.45, 2.75) is 33.2 Å². The molecule has 4 nitrogen and oxygen atoms in total. The summed E-state index contributed by atoms with van der Waals surface area (Å²) >= 11 is 0. The quantitative estimate of drug-likeness (QED) is 0.642. The fourth-order valence-corrected chi connectivity index (χ4v) is 4.26. The number of anilines is 1. The topological polar surface area (TPSA) is 39.3 Å². The van der Waals surface area contributed by atoms with Gasteiger partial charge >= 0.3 is 0 Å². The average Bonchev–Trinajstić information content (AvgIpc) is 3.18. The third kappa shape index (κ3) is 3.80. The number of hydrogen-bond donors (Lipinski definition) is 1. The van der Waals surface area contributed by atoms with Gasteiger partial charge in [0, 0.05) is 59.6 Å². The highest BCUT2D eigenvalue weighted by molar-refractivity contribution is 5.96. The van der Waals surface area contributed by atoms with E-state index in [-0.39, 0.29) is 5.91 Å². The maximum atomic E-state index is 13.0. The van der Waals surface area contributed by atoms with Crippen molar-refractivity contribution in [3.05, 3.63) is 71.9 Å². The Labute approximate surface area is 172 Å². The van der Waals surface area contributed by atoms with Crippen molar-refractivity contribution < 1.29 is 4.79 Å². The van der Waals surface area contributed by atoms with E-state index in [4.69, 9.17) is 0 Å². The lowest BCUT2D eigenvalue weighted by molar-refractivity contribution is 0.0773. The largest absolute Gasteiger partial charge is 0.369 e. The Morgan fingerprint density at radius 2 is 1.90 bits per heavy atom. The minimum atomic E-state index is 0.110. The van der Waals surface area contributed by atoms with Gasteiger partial charge in [-0.25, -0.2) is 0 Å². The summed E-state index contributed by atoms with van der Waals surface area (Å²) in [7, 11) is 0. The van der Waals surface area contributed by atoms with Gasteiger partial charge in [-0.05, 0) is 63.1 Å². The molecule has 1 aliphatic rings. The number of aromatic amines is 1. The molecule has 1 aliphatic heterocycles. The number of nitrogens with one attached hydrogen (secondary N) is 1. The second-order valence-electron chi connectivity index (χ2n) is 7.91. The first-order valence-corrected chi connectivity index (χ1v) is 10.5. The molecule has 1 N–H and O–H groups in total. The van der Waals surface area contributed by atoms with E-state index in [9.17, 15) is 4.79 Å². The highest BCUT2D eigenvalue weighted by Crippen LogP contribution is 2.29. The summed E-state index contributed by atoms with van der Waals surface area (Å²) in [5.41, 5.74) is 5.66. The normalized spacial score (nSPS) is 14.3. The van der Waals surface area contributed by atoms with E-state index < -0.39 is 0 Å². The van der Waals surface area contributed by atoms with Gasteiger partial charge in [-0.2, -0.15) is 0 Å². The molecule has 4 heteroatoms. The molecule has 1 aromatic heterocycles. The van der Waals surface area contributed by atoms with E-state index in [1.54, 1.807) is 0 Å². The Hall–Kier alpha value is -3.01. The standard InChI is InChI=1S/C25H29N3O/c1-4-28(18(2)3)21-11-9-20(10-12-21)25(29)27-15-13-19(14-16-27)23-17-26-24-8-6-5-7-22(23)24/h5-13,17-18,26H,4,14-16H2,1-3H3. The minimum absolute atomic E-state index is 0.110. The van der Waals surface area contributed by atoms with Gasteiger partial charge in [0.25, 0.3) is 5.91 Å². The van der Waals surface area contributed by atoms with E-state index in [1.165, 1.54) is 22.2 Å². The molecule has 0 saturated heterocycles. The van der Waals surface area contributed by atoms with Gasteiger partial charge in [-0.1, -0.05) is 24.3 Å². The second kappa shape index (κ2) is 8.16. The van der Waals surface area contributed by atoms with Crippen LogP contribution in [0.25, 0.3) is 16.5 Å². The molecule has 0 radical (unpaired) electrons. The van der Waals surface area contributed by atoms with Gasteiger partial charge < -0.3 is 14.8 Å². The smallest absolute Gasteiger partial charge is 0.254 e. The molecular formula is C25H29N3O. The van der Waals surface area contributed by atoms with Gasteiger partial charge in [-0.15, -0.1) is 0 Å². The lowest BCUT2D eigenvalue weighted by Gasteiger charge is -2.28. The molecule has 1 amide bonds. The molecule has 0 spiro atoms. The maximum absolute atomic E-state index is 13.0. The van der Waals surface area contributed by atoms with Crippen molar-refractivity contribution >= 4 is 28.1 Å². The lowest BCUT2D eigenvalue weighted by Crippen LogP contribution is -2.34. The minimum Gasteiger partial charge on any atom is -0.369 e. The first-order chi connectivity index (χ1) is 14.1. The van der Waals surface area contributed by atoms with Crippen LogP contribution in [0.5, 0.6) is 0 Å². The van der Waals surface area contributed by atoms with Crippen LogP contribution in [0, 0.1) is 0 Å². The Morgan fingerprint density at radius 3 is 2.55 bits per heavy atom. The number of benzene rings is 2. The molecule has 2 aromatic carbocycles. The molecule has 2 heterocycles. The Balaban J connectivity index is 1.47. The third-order valence-electron chi connectivity index (χ3n) is 5.84. The van der Waals surface area contributed by atoms with Crippen LogP contribution in [-0.2, 0) is 0 Å². The van der Waals surface area contributed by atoms with Gasteiger partial charge in [0.1, 0.15) is 0 Å². The van der Waals surface area contributed by atoms with Gasteiger partial charge in [0.2, 0.25) is 0 Å². The number of nitrogens with zero attached hydrogens (tertiary/aromatic N) is 2. The number of rotatable bonds is 5. The summed E-state index contributed by atoms with van der Waals surface area (Å²) in [6, 6.07) is 16.9. The van der Waals surface area contributed by atoms with Crippen LogP contribution in [0.3, 0.4) is 0 Å². The van der Waals surface area contributed by atoms with Crippen LogP contribution in [0.1, 0.15) is 43.1 Å². The van der Waals surface area contributed by atoms with Crippen LogP contribution in [0.2, 0.25) is 0 Å². The summed E-state index contributed by atoms with van der Waals surface area (Å²) in [4.78, 5) is 20.6. The first kappa shape index (κ1) is 19.3. The van der Waals surface area contributed by atoms with Crippen molar-refractivity contribution in [2.75, 3.05) is 24.5 Å². The Bertz CT molecular complexity index is 1030. The van der Waals surface area contributed by atoms with Crippen LogP contribution < -0.4 is 4.90 Å². The fraction of sp³-hybridized carbons (Fsp3) is 0.320. The van der Waals surface area contributed by atoms with Gasteiger partial charge in [0.05, 0.1) is 0 Å². The van der Waals surface area contributed by atoms with Crippen molar-refractivity contribution in [1.82, 2.24) is 9.88 Å². The van der Waals surface area contributed by atoms with Crippen molar-refractivity contribution in [3.63, 3.8) is 0 Å². The second-order valence-corrected chi connectivity index (χ2v) is 7.91. The van der Waals surface area contributed by atoms with Crippen LogP contribution in [0.4, 0.5) is 5.69 Å². The number of carbonyl (C=O) groups excluding carboxylic acids is 1. The third-order valence-corrected chi connectivity index (χ3v) is 5.84. The molecule has 29 heavy (non-hydrogen) atoms. The summed E-state index contributed by atoms with van der Waals surface area (Å²) < 4.78 is 0. The van der Waals surface area contributed by atoms with Gasteiger partial charge in [-0.3, -0.25) is 4.79 Å². The van der Waals surface area contributed by atoms with Crippen LogP contribution in [0.15, 0.2) is 60.8 Å². The predicted octanol–water partition coefficient (Wildman–Crippen LogP) is 5.33. The molecule has 150 valence electrons. The number of aromatic nitrogens is 1. The molecule has 0 aliphatic carbocycles. The van der Waals surface area contributed by atoms with Crippen molar-refractivity contribution in [2.24, 2.45) is 0 Å². The van der Waals surface area contributed by atoms with E-state index in [0.29, 0.717) is 12.6 Å². The molecule has 0 bridgehead atoms. The number of hydrogen-bond acceptors (Lipinski definition) is 2. The zero-order valence-electron chi connectivity index (χ0n) is 17.5. The molecule has 0 saturated carbocycles. The Morgan fingerprint density at radius 1 is 1.14 bits per heavy atom. The monoisotopic (exact) mass is 387 g/mol. The van der Waals surface area contributed by atoms with Crippen molar-refractivity contribution in [1.29, 1.82) is 0 Å². The molecular weight excluding hydrogens is 358 g/mol. The molecule has 4 rings (SSSR count). The molecule has 0 fully saturated rings. The number of fused-ring (bicyclic) bond motifs is 1. The summed E-state index contributed by atoms with van der Waals surface area (Å²) in [6.45, 7) is 8.90. The van der Waals surface area contributed by atoms with E-state index in [0.717, 1.165) is 30.6 Å². The zero-order chi connectivity index (χ0) is 20.4. The average molecular weight is 388 g/mol. The van der Waals surface area contributed by atoms with Crippen LogP contribution >= 0.6 is 0 Å². The highest BCUT2D eigenvalue weighted by atomic mass is 16.2. The van der Waals surface area contributed by atoms with E-state index >= 15 is 0 Å². The van der Waals surface area contributed by atoms with E-state index in [2.05, 4.69) is 73.3 Å². The number of H-pyrrole nitrogens is 1. The number of para-hydroxylation sites is 1. The summed E-state index contributed by atoms with van der Waals surface area (Å²) in [6.07, 6.45) is 5.16.